The molecule has 0 radical (unpaired) electrons. The van der Waals surface area contributed by atoms with E-state index in [4.69, 9.17) is 23.2 Å². The van der Waals surface area contributed by atoms with Gasteiger partial charge in [-0.3, -0.25) is 0 Å². The van der Waals surface area contributed by atoms with E-state index in [9.17, 15) is 5.11 Å². The Morgan fingerprint density at radius 2 is 1.84 bits per heavy atom. The van der Waals surface area contributed by atoms with Crippen molar-refractivity contribution in [1.82, 2.24) is 14.8 Å². The summed E-state index contributed by atoms with van der Waals surface area (Å²) >= 11 is 12.3. The lowest BCUT2D eigenvalue weighted by molar-refractivity contribution is 0.216. The highest BCUT2D eigenvalue weighted by Crippen LogP contribution is 2.33. The summed E-state index contributed by atoms with van der Waals surface area (Å²) in [5.41, 5.74) is 3.37. The van der Waals surface area contributed by atoms with E-state index in [-0.39, 0.29) is 0 Å². The minimum atomic E-state index is -0.817. The molecule has 0 bridgehead atoms. The fourth-order valence-corrected chi connectivity index (χ4v) is 3.03. The summed E-state index contributed by atoms with van der Waals surface area (Å²) < 4.78 is 1.72. The molecule has 0 aliphatic heterocycles. The molecule has 1 heterocycles. The molecular formula is C19H17Cl2N3O. The number of hydrogen-bond donors (Lipinski definition) is 1. The van der Waals surface area contributed by atoms with Crippen LogP contribution in [-0.2, 0) is 6.54 Å². The first-order chi connectivity index (χ1) is 12.1. The Balaban J connectivity index is 2.06. The molecule has 0 aliphatic carbocycles. The van der Waals surface area contributed by atoms with Crippen molar-refractivity contribution < 1.29 is 5.11 Å². The predicted molar refractivity (Wildman–Crippen MR) is 100 cm³/mol. The molecule has 1 unspecified atom stereocenters. The van der Waals surface area contributed by atoms with Crippen molar-refractivity contribution in [1.29, 1.82) is 0 Å². The Morgan fingerprint density at radius 3 is 2.48 bits per heavy atom. The molecule has 128 valence electrons. The number of halogens is 2. The van der Waals surface area contributed by atoms with Gasteiger partial charge < -0.3 is 5.11 Å². The van der Waals surface area contributed by atoms with Crippen LogP contribution in [0, 0.1) is 0 Å². The van der Waals surface area contributed by atoms with Crippen LogP contribution in [0.3, 0.4) is 0 Å². The first kappa shape index (κ1) is 17.7. The maximum Gasteiger partial charge on any atom is 0.137 e. The van der Waals surface area contributed by atoms with E-state index in [0.29, 0.717) is 22.2 Å². The molecule has 0 saturated heterocycles. The van der Waals surface area contributed by atoms with Gasteiger partial charge in [0, 0.05) is 15.6 Å². The summed E-state index contributed by atoms with van der Waals surface area (Å²) in [4.78, 5) is 3.98. The minimum absolute atomic E-state index is 0.481. The molecule has 6 heteroatoms. The van der Waals surface area contributed by atoms with Gasteiger partial charge in [-0.05, 0) is 41.8 Å². The second-order valence-corrected chi connectivity index (χ2v) is 6.53. The van der Waals surface area contributed by atoms with Gasteiger partial charge in [0.25, 0.3) is 0 Å². The molecule has 3 rings (SSSR count). The smallest absolute Gasteiger partial charge is 0.137 e. The first-order valence-electron chi connectivity index (χ1n) is 7.76. The SMILES string of the molecule is CC(=C(Cn1cncn1)c1ccc(Cl)cc1)C(O)c1ccccc1Cl. The molecule has 25 heavy (non-hydrogen) atoms. The molecule has 0 amide bonds. The number of hydrogen-bond acceptors (Lipinski definition) is 3. The van der Waals surface area contributed by atoms with Gasteiger partial charge in [-0.25, -0.2) is 9.67 Å². The number of aliphatic hydroxyl groups is 1. The second-order valence-electron chi connectivity index (χ2n) is 5.69. The molecular weight excluding hydrogens is 357 g/mol. The third-order valence-electron chi connectivity index (χ3n) is 4.07. The summed E-state index contributed by atoms with van der Waals surface area (Å²) in [6.45, 7) is 2.38. The van der Waals surface area contributed by atoms with Crippen LogP contribution in [0.4, 0.5) is 0 Å². The van der Waals surface area contributed by atoms with E-state index < -0.39 is 6.10 Å². The van der Waals surface area contributed by atoms with E-state index >= 15 is 0 Å². The van der Waals surface area contributed by atoms with E-state index in [1.165, 1.54) is 6.33 Å². The summed E-state index contributed by atoms with van der Waals surface area (Å²) in [7, 11) is 0. The monoisotopic (exact) mass is 373 g/mol. The molecule has 1 N–H and O–H groups in total. The average Bonchev–Trinajstić information content (AvgIpc) is 3.13. The standard InChI is InChI=1S/C19H17Cl2N3O/c1-13(19(25)16-4-2-3-5-18(16)21)17(10-24-12-22-11-23-24)14-6-8-15(20)9-7-14/h2-9,11-12,19,25H,10H2,1H3. The van der Waals surface area contributed by atoms with Crippen LogP contribution in [0.1, 0.15) is 24.2 Å². The van der Waals surface area contributed by atoms with E-state index in [1.807, 2.05) is 49.4 Å². The normalized spacial score (nSPS) is 13.4. The first-order valence-corrected chi connectivity index (χ1v) is 8.52. The lowest BCUT2D eigenvalue weighted by Crippen LogP contribution is -2.08. The van der Waals surface area contributed by atoms with Crippen molar-refractivity contribution in [3.05, 3.63) is 87.9 Å². The van der Waals surface area contributed by atoms with Crippen LogP contribution in [-0.4, -0.2) is 19.9 Å². The van der Waals surface area contributed by atoms with Crippen molar-refractivity contribution >= 4 is 28.8 Å². The van der Waals surface area contributed by atoms with Crippen LogP contribution in [0.25, 0.3) is 5.57 Å². The quantitative estimate of drug-likeness (QED) is 0.699. The highest BCUT2D eigenvalue weighted by atomic mass is 35.5. The molecule has 1 aromatic heterocycles. The van der Waals surface area contributed by atoms with Crippen molar-refractivity contribution in [2.24, 2.45) is 0 Å². The van der Waals surface area contributed by atoms with Gasteiger partial charge in [0.05, 0.1) is 6.54 Å². The molecule has 4 nitrogen and oxygen atoms in total. The van der Waals surface area contributed by atoms with Crippen LogP contribution in [0.2, 0.25) is 10.0 Å². The number of nitrogens with zero attached hydrogens (tertiary/aromatic N) is 3. The number of benzene rings is 2. The van der Waals surface area contributed by atoms with Crippen molar-refractivity contribution in [2.45, 2.75) is 19.6 Å². The van der Waals surface area contributed by atoms with Gasteiger partial charge in [0.2, 0.25) is 0 Å². The molecule has 0 aliphatic rings. The van der Waals surface area contributed by atoms with Gasteiger partial charge in [0.15, 0.2) is 0 Å². The Hall–Kier alpha value is -2.14. The highest BCUT2D eigenvalue weighted by Gasteiger charge is 2.18. The Kier molecular flexibility index (Phi) is 5.53. The number of rotatable bonds is 5. The van der Waals surface area contributed by atoms with Crippen LogP contribution in [0.15, 0.2) is 66.8 Å². The summed E-state index contributed by atoms with van der Waals surface area (Å²) in [5, 5.41) is 16.2. The minimum Gasteiger partial charge on any atom is -0.384 e. The van der Waals surface area contributed by atoms with Crippen molar-refractivity contribution in [3.8, 4) is 0 Å². The third-order valence-corrected chi connectivity index (χ3v) is 4.66. The number of aromatic nitrogens is 3. The Labute approximate surface area is 156 Å². The number of allylic oxidation sites excluding steroid dienone is 1. The summed E-state index contributed by atoms with van der Waals surface area (Å²) in [6.07, 6.45) is 2.31. The number of aliphatic hydroxyl groups excluding tert-OH is 1. The zero-order chi connectivity index (χ0) is 17.8. The molecule has 3 aromatic rings. The topological polar surface area (TPSA) is 50.9 Å². The van der Waals surface area contributed by atoms with Crippen LogP contribution >= 0.6 is 23.2 Å². The third kappa shape index (κ3) is 4.10. The van der Waals surface area contributed by atoms with Crippen LogP contribution in [0.5, 0.6) is 0 Å². The van der Waals surface area contributed by atoms with Crippen molar-refractivity contribution in [2.75, 3.05) is 0 Å². The average molecular weight is 374 g/mol. The molecule has 0 spiro atoms. The Bertz CT molecular complexity index is 874. The lowest BCUT2D eigenvalue weighted by atomic mass is 9.93. The maximum absolute atomic E-state index is 10.9. The Morgan fingerprint density at radius 1 is 1.12 bits per heavy atom. The maximum atomic E-state index is 10.9. The highest BCUT2D eigenvalue weighted by molar-refractivity contribution is 6.31. The van der Waals surface area contributed by atoms with E-state index in [1.54, 1.807) is 17.1 Å². The van der Waals surface area contributed by atoms with Crippen LogP contribution < -0.4 is 0 Å². The molecule has 0 fully saturated rings. The fourth-order valence-electron chi connectivity index (χ4n) is 2.67. The molecule has 0 saturated carbocycles. The summed E-state index contributed by atoms with van der Waals surface area (Å²) in [5.74, 6) is 0. The van der Waals surface area contributed by atoms with Gasteiger partial charge in [-0.2, -0.15) is 5.10 Å². The van der Waals surface area contributed by atoms with Crippen molar-refractivity contribution in [3.63, 3.8) is 0 Å². The lowest BCUT2D eigenvalue weighted by Gasteiger charge is -2.19. The van der Waals surface area contributed by atoms with E-state index in [2.05, 4.69) is 10.1 Å². The van der Waals surface area contributed by atoms with Gasteiger partial charge >= 0.3 is 0 Å². The van der Waals surface area contributed by atoms with Gasteiger partial charge in [-0.1, -0.05) is 53.5 Å². The summed E-state index contributed by atoms with van der Waals surface area (Å²) in [6, 6.07) is 14.8. The fraction of sp³-hybridized carbons (Fsp3) is 0.158. The van der Waals surface area contributed by atoms with Gasteiger partial charge in [-0.15, -0.1) is 0 Å². The molecule has 1 atom stereocenters. The predicted octanol–water partition coefficient (Wildman–Crippen LogP) is 4.79. The molecule has 2 aromatic carbocycles. The zero-order valence-electron chi connectivity index (χ0n) is 13.6. The van der Waals surface area contributed by atoms with E-state index in [0.717, 1.165) is 16.7 Å². The van der Waals surface area contributed by atoms with Gasteiger partial charge in [0.1, 0.15) is 18.8 Å². The zero-order valence-corrected chi connectivity index (χ0v) is 15.1. The second kappa shape index (κ2) is 7.83. The largest absolute Gasteiger partial charge is 0.384 e.